The lowest BCUT2D eigenvalue weighted by molar-refractivity contribution is 0.540. The lowest BCUT2D eigenvalue weighted by atomic mass is 10.0. The van der Waals surface area contributed by atoms with Gasteiger partial charge in [-0.05, 0) is 50.2 Å². The Kier molecular flexibility index (Phi) is 5.85. The highest BCUT2D eigenvalue weighted by Gasteiger charge is 2.17. The average molecular weight is 371 g/mol. The standard InChI is InChI=1S/C16H21BrClN3/c1-4-12-9-13(21(5-2)20-12)10-16(19-3)14-8-11(17)6-7-15(14)18/h6-9,16,19H,4-5,10H2,1-3H3. The van der Waals surface area contributed by atoms with E-state index in [-0.39, 0.29) is 6.04 Å². The van der Waals surface area contributed by atoms with E-state index in [2.05, 4.69) is 57.0 Å². The topological polar surface area (TPSA) is 29.9 Å². The molecule has 0 aliphatic rings. The second kappa shape index (κ2) is 7.43. The molecule has 1 heterocycles. The van der Waals surface area contributed by atoms with Crippen LogP contribution in [0.2, 0.25) is 5.02 Å². The number of hydrogen-bond donors (Lipinski definition) is 1. The Balaban J connectivity index is 2.30. The molecule has 0 fully saturated rings. The van der Waals surface area contributed by atoms with Gasteiger partial charge in [0.15, 0.2) is 0 Å². The van der Waals surface area contributed by atoms with Gasteiger partial charge in [0, 0.05) is 34.2 Å². The molecule has 1 aromatic heterocycles. The van der Waals surface area contributed by atoms with Gasteiger partial charge >= 0.3 is 0 Å². The van der Waals surface area contributed by atoms with E-state index in [1.54, 1.807) is 0 Å². The molecule has 2 rings (SSSR count). The van der Waals surface area contributed by atoms with E-state index in [4.69, 9.17) is 11.6 Å². The number of aromatic nitrogens is 2. The lowest BCUT2D eigenvalue weighted by Gasteiger charge is -2.19. The minimum Gasteiger partial charge on any atom is -0.313 e. The molecule has 0 amide bonds. The quantitative estimate of drug-likeness (QED) is 0.817. The summed E-state index contributed by atoms with van der Waals surface area (Å²) in [6.45, 7) is 5.14. The van der Waals surface area contributed by atoms with Crippen molar-refractivity contribution in [2.24, 2.45) is 0 Å². The van der Waals surface area contributed by atoms with Crippen LogP contribution in [0, 0.1) is 0 Å². The van der Waals surface area contributed by atoms with Gasteiger partial charge in [-0.2, -0.15) is 5.10 Å². The van der Waals surface area contributed by atoms with Crippen molar-refractivity contribution in [3.63, 3.8) is 0 Å². The molecule has 1 unspecified atom stereocenters. The Hall–Kier alpha value is -0.840. The van der Waals surface area contributed by atoms with Crippen molar-refractivity contribution in [2.75, 3.05) is 7.05 Å². The molecule has 1 N–H and O–H groups in total. The second-order valence-electron chi connectivity index (χ2n) is 5.01. The van der Waals surface area contributed by atoms with Gasteiger partial charge < -0.3 is 5.32 Å². The van der Waals surface area contributed by atoms with E-state index >= 15 is 0 Å². The molecule has 114 valence electrons. The summed E-state index contributed by atoms with van der Waals surface area (Å²) >= 11 is 9.88. The lowest BCUT2D eigenvalue weighted by Crippen LogP contribution is -2.21. The normalized spacial score (nSPS) is 12.6. The van der Waals surface area contributed by atoms with Crippen LogP contribution in [0.4, 0.5) is 0 Å². The van der Waals surface area contributed by atoms with Crippen LogP contribution in [0.25, 0.3) is 0 Å². The molecule has 0 spiro atoms. The summed E-state index contributed by atoms with van der Waals surface area (Å²) in [4.78, 5) is 0. The number of halogens is 2. The first-order valence-electron chi connectivity index (χ1n) is 7.26. The zero-order valence-electron chi connectivity index (χ0n) is 12.7. The van der Waals surface area contributed by atoms with E-state index in [0.717, 1.165) is 40.1 Å². The number of hydrogen-bond acceptors (Lipinski definition) is 2. The molecule has 21 heavy (non-hydrogen) atoms. The summed E-state index contributed by atoms with van der Waals surface area (Å²) in [6, 6.07) is 8.34. The van der Waals surface area contributed by atoms with Crippen LogP contribution >= 0.6 is 27.5 Å². The summed E-state index contributed by atoms with van der Waals surface area (Å²) in [5.74, 6) is 0. The summed E-state index contributed by atoms with van der Waals surface area (Å²) in [6.07, 6.45) is 1.83. The first-order valence-corrected chi connectivity index (χ1v) is 8.43. The van der Waals surface area contributed by atoms with Crippen LogP contribution in [0.3, 0.4) is 0 Å². The first-order chi connectivity index (χ1) is 10.1. The van der Waals surface area contributed by atoms with Crippen molar-refractivity contribution in [1.82, 2.24) is 15.1 Å². The number of likely N-dealkylation sites (N-methyl/N-ethyl adjacent to an activating group) is 1. The van der Waals surface area contributed by atoms with E-state index in [9.17, 15) is 0 Å². The van der Waals surface area contributed by atoms with Crippen LogP contribution < -0.4 is 5.32 Å². The van der Waals surface area contributed by atoms with Crippen molar-refractivity contribution in [3.8, 4) is 0 Å². The molecule has 0 radical (unpaired) electrons. The molecule has 0 saturated carbocycles. The molecule has 0 bridgehead atoms. The first kappa shape index (κ1) is 16.5. The molecule has 0 aliphatic carbocycles. The highest BCUT2D eigenvalue weighted by Crippen LogP contribution is 2.28. The predicted octanol–water partition coefficient (Wildman–Crippen LogP) is 4.38. The molecule has 2 aromatic rings. The van der Waals surface area contributed by atoms with E-state index in [0.29, 0.717) is 0 Å². The Labute approximate surface area is 139 Å². The Morgan fingerprint density at radius 3 is 2.71 bits per heavy atom. The highest BCUT2D eigenvalue weighted by molar-refractivity contribution is 9.10. The average Bonchev–Trinajstić information content (AvgIpc) is 2.89. The summed E-state index contributed by atoms with van der Waals surface area (Å²) in [7, 11) is 1.97. The SMILES string of the molecule is CCc1cc(CC(NC)c2cc(Br)ccc2Cl)n(CC)n1. The number of rotatable bonds is 6. The molecular weight excluding hydrogens is 350 g/mol. The monoisotopic (exact) mass is 369 g/mol. The Bertz CT molecular complexity index is 610. The number of nitrogens with zero attached hydrogens (tertiary/aromatic N) is 2. The van der Waals surface area contributed by atoms with Crippen molar-refractivity contribution in [2.45, 2.75) is 39.3 Å². The van der Waals surface area contributed by atoms with Gasteiger partial charge in [0.05, 0.1) is 5.69 Å². The van der Waals surface area contributed by atoms with Gasteiger partial charge in [-0.15, -0.1) is 0 Å². The van der Waals surface area contributed by atoms with Gasteiger partial charge in [0.2, 0.25) is 0 Å². The zero-order chi connectivity index (χ0) is 15.4. The van der Waals surface area contributed by atoms with Crippen molar-refractivity contribution < 1.29 is 0 Å². The van der Waals surface area contributed by atoms with Crippen LogP contribution in [0.15, 0.2) is 28.7 Å². The Morgan fingerprint density at radius 1 is 1.33 bits per heavy atom. The van der Waals surface area contributed by atoms with Crippen molar-refractivity contribution in [3.05, 3.63) is 50.7 Å². The van der Waals surface area contributed by atoms with Crippen molar-refractivity contribution in [1.29, 1.82) is 0 Å². The largest absolute Gasteiger partial charge is 0.313 e. The van der Waals surface area contributed by atoms with Crippen LogP contribution in [-0.4, -0.2) is 16.8 Å². The third-order valence-corrected chi connectivity index (χ3v) is 4.51. The fourth-order valence-corrected chi connectivity index (χ4v) is 3.11. The maximum Gasteiger partial charge on any atom is 0.0624 e. The van der Waals surface area contributed by atoms with Gasteiger partial charge in [-0.3, -0.25) is 4.68 Å². The van der Waals surface area contributed by atoms with E-state index < -0.39 is 0 Å². The van der Waals surface area contributed by atoms with Crippen LogP contribution in [0.5, 0.6) is 0 Å². The van der Waals surface area contributed by atoms with Gasteiger partial charge in [-0.1, -0.05) is 34.5 Å². The predicted molar refractivity (Wildman–Crippen MR) is 91.9 cm³/mol. The van der Waals surface area contributed by atoms with E-state index in [1.165, 1.54) is 5.69 Å². The van der Waals surface area contributed by atoms with Gasteiger partial charge in [0.25, 0.3) is 0 Å². The zero-order valence-corrected chi connectivity index (χ0v) is 15.0. The number of aryl methyl sites for hydroxylation is 2. The molecule has 0 saturated heterocycles. The van der Waals surface area contributed by atoms with Gasteiger partial charge in [-0.25, -0.2) is 0 Å². The fraction of sp³-hybridized carbons (Fsp3) is 0.438. The summed E-state index contributed by atoms with van der Waals surface area (Å²) < 4.78 is 3.12. The molecule has 0 aliphatic heterocycles. The number of nitrogens with one attached hydrogen (secondary N) is 1. The highest BCUT2D eigenvalue weighted by atomic mass is 79.9. The summed E-state index contributed by atoms with van der Waals surface area (Å²) in [5.41, 5.74) is 3.49. The molecule has 1 aromatic carbocycles. The maximum absolute atomic E-state index is 6.36. The third-order valence-electron chi connectivity index (χ3n) is 3.67. The van der Waals surface area contributed by atoms with Crippen LogP contribution in [0.1, 0.15) is 36.8 Å². The minimum absolute atomic E-state index is 0.168. The Morgan fingerprint density at radius 2 is 2.10 bits per heavy atom. The van der Waals surface area contributed by atoms with Crippen LogP contribution in [-0.2, 0) is 19.4 Å². The fourth-order valence-electron chi connectivity index (χ4n) is 2.48. The van der Waals surface area contributed by atoms with E-state index in [1.807, 2.05) is 19.2 Å². The second-order valence-corrected chi connectivity index (χ2v) is 6.33. The minimum atomic E-state index is 0.168. The molecular formula is C16H21BrClN3. The smallest absolute Gasteiger partial charge is 0.0624 e. The molecule has 3 nitrogen and oxygen atoms in total. The maximum atomic E-state index is 6.36. The summed E-state index contributed by atoms with van der Waals surface area (Å²) in [5, 5.41) is 8.77. The third kappa shape index (κ3) is 3.87. The van der Waals surface area contributed by atoms with Gasteiger partial charge in [0.1, 0.15) is 0 Å². The van der Waals surface area contributed by atoms with Crippen molar-refractivity contribution >= 4 is 27.5 Å². The molecule has 1 atom stereocenters. The number of benzene rings is 1. The molecule has 5 heteroatoms.